The van der Waals surface area contributed by atoms with E-state index in [-0.39, 0.29) is 30.8 Å². The molecule has 0 aliphatic heterocycles. The van der Waals surface area contributed by atoms with E-state index in [1.54, 1.807) is 32.0 Å². The van der Waals surface area contributed by atoms with Crippen LogP contribution < -0.4 is 14.8 Å². The van der Waals surface area contributed by atoms with Crippen LogP contribution in [-0.2, 0) is 4.79 Å². The van der Waals surface area contributed by atoms with Crippen molar-refractivity contribution in [3.8, 4) is 5.75 Å². The molecule has 1 aliphatic rings. The number of benzene rings is 1. The zero-order chi connectivity index (χ0) is 23.6. The summed E-state index contributed by atoms with van der Waals surface area (Å²) in [6.07, 6.45) is 5.43. The summed E-state index contributed by atoms with van der Waals surface area (Å²) < 4.78 is 22.7. The van der Waals surface area contributed by atoms with Crippen LogP contribution in [0.4, 0.5) is 9.18 Å². The Morgan fingerprint density at radius 1 is 1.34 bits per heavy atom. The van der Waals surface area contributed by atoms with Crippen LogP contribution in [0.1, 0.15) is 57.1 Å². The Morgan fingerprint density at radius 2 is 2.09 bits per heavy atom. The van der Waals surface area contributed by atoms with Crippen molar-refractivity contribution in [2.24, 2.45) is 5.92 Å². The minimum absolute atomic E-state index is 0.0466. The highest BCUT2D eigenvalue weighted by molar-refractivity contribution is 7.97. The molecule has 1 aromatic carbocycles. The molecule has 32 heavy (non-hydrogen) atoms. The van der Waals surface area contributed by atoms with Gasteiger partial charge in [0.1, 0.15) is 17.9 Å². The first-order chi connectivity index (χ1) is 15.3. The minimum Gasteiger partial charge on any atom is -0.439 e. The van der Waals surface area contributed by atoms with Gasteiger partial charge in [0.05, 0.1) is 6.54 Å². The van der Waals surface area contributed by atoms with Gasteiger partial charge in [-0.2, -0.15) is 0 Å². The first kappa shape index (κ1) is 26.4. The quantitative estimate of drug-likeness (QED) is 0.135. The van der Waals surface area contributed by atoms with Crippen molar-refractivity contribution in [2.45, 2.75) is 57.5 Å². The molecule has 0 radical (unpaired) electrons. The number of halogens is 1. The molecule has 1 aromatic rings. The largest absolute Gasteiger partial charge is 0.439 e. The molecule has 1 aliphatic carbocycles. The molecule has 0 heterocycles. The van der Waals surface area contributed by atoms with Crippen molar-refractivity contribution < 1.29 is 28.9 Å². The number of nitrogens with one attached hydrogen (secondary N) is 2. The van der Waals surface area contributed by atoms with Crippen LogP contribution in [0.5, 0.6) is 5.75 Å². The minimum atomic E-state index is -2.33. The Morgan fingerprint density at radius 3 is 2.72 bits per heavy atom. The lowest BCUT2D eigenvalue weighted by Crippen LogP contribution is -2.39. The van der Waals surface area contributed by atoms with Crippen LogP contribution in [0.25, 0.3) is 0 Å². The monoisotopic (exact) mass is 471 g/mol. The number of unbranched alkanes of at least 4 members (excludes halogenated alkanes) is 2. The number of urea groups is 1. The Balaban J connectivity index is 1.81. The predicted molar refractivity (Wildman–Crippen MR) is 121 cm³/mol. The molecule has 0 aromatic heterocycles. The smallest absolute Gasteiger partial charge is 0.321 e. The number of rotatable bonds is 15. The molecule has 1 saturated carbocycles. The molecule has 0 bridgehead atoms. The van der Waals surface area contributed by atoms with Crippen molar-refractivity contribution in [1.82, 2.24) is 14.9 Å². The fraction of sp³-hybridized carbons (Fsp3) is 0.636. The van der Waals surface area contributed by atoms with Gasteiger partial charge >= 0.3 is 12.0 Å². The number of ether oxygens (including phenoxy) is 1. The van der Waals surface area contributed by atoms with Crippen LogP contribution in [0, 0.1) is 11.7 Å². The summed E-state index contributed by atoms with van der Waals surface area (Å²) in [4.78, 5) is 23.8. The molecule has 180 valence electrons. The Bertz CT molecular complexity index is 748. The summed E-state index contributed by atoms with van der Waals surface area (Å²) in [5, 5.41) is 22.0. The molecule has 1 fully saturated rings. The number of hydrogen-bond donors (Lipinski definition) is 4. The standard InChI is InChI=1S/C22H34FN3O5S/c1-3-22(29,30)31-19-14-17(13-18(23)15-19)20(16-7-8-16)25-32-12-6-4-5-9-26(10-11-27)21(28)24-2/h11,13-16,20,25,29-30H,3-10,12H2,1-2H3,(H,24,28). The van der Waals surface area contributed by atoms with E-state index in [9.17, 15) is 24.2 Å². The maximum Gasteiger partial charge on any atom is 0.321 e. The van der Waals surface area contributed by atoms with E-state index < -0.39 is 11.8 Å². The third kappa shape index (κ3) is 8.93. The maximum absolute atomic E-state index is 14.1. The molecule has 4 N–H and O–H groups in total. The molecule has 2 amide bonds. The van der Waals surface area contributed by atoms with Gasteiger partial charge < -0.3 is 30.0 Å². The summed E-state index contributed by atoms with van der Waals surface area (Å²) in [7, 11) is 1.54. The first-order valence-corrected chi connectivity index (χ1v) is 12.0. The topological polar surface area (TPSA) is 111 Å². The molecule has 8 nitrogen and oxygen atoms in total. The van der Waals surface area contributed by atoms with Gasteiger partial charge in [-0.3, -0.25) is 4.72 Å². The SMILES string of the molecule is CCC(O)(O)Oc1cc(F)cc(C(NSCCCCCN(CC=O)C(=O)NC)C2CC2)c1. The lowest BCUT2D eigenvalue weighted by Gasteiger charge is -2.23. The van der Waals surface area contributed by atoms with Gasteiger partial charge in [-0.05, 0) is 49.3 Å². The maximum atomic E-state index is 14.1. The third-order valence-corrected chi connectivity index (χ3v) is 6.18. The van der Waals surface area contributed by atoms with Crippen LogP contribution >= 0.6 is 11.9 Å². The van der Waals surface area contributed by atoms with Crippen molar-refractivity contribution in [3.05, 3.63) is 29.6 Å². The summed E-state index contributed by atoms with van der Waals surface area (Å²) in [5.74, 6) is -1.48. The van der Waals surface area contributed by atoms with Crippen LogP contribution in [0.15, 0.2) is 18.2 Å². The zero-order valence-electron chi connectivity index (χ0n) is 18.7. The van der Waals surface area contributed by atoms with Crippen LogP contribution in [0.2, 0.25) is 0 Å². The fourth-order valence-electron chi connectivity index (χ4n) is 3.28. The summed E-state index contributed by atoms with van der Waals surface area (Å²) in [6, 6.07) is 3.94. The number of nitrogens with zero attached hydrogens (tertiary/aromatic N) is 1. The number of carbonyl (C=O) groups is 2. The van der Waals surface area contributed by atoms with Crippen molar-refractivity contribution >= 4 is 24.3 Å². The summed E-state index contributed by atoms with van der Waals surface area (Å²) >= 11 is 1.57. The second-order valence-electron chi connectivity index (χ2n) is 7.93. The average molecular weight is 472 g/mol. The van der Waals surface area contributed by atoms with E-state index in [0.29, 0.717) is 12.5 Å². The van der Waals surface area contributed by atoms with Gasteiger partial charge in [0.25, 0.3) is 0 Å². The van der Waals surface area contributed by atoms with Crippen molar-refractivity contribution in [2.75, 3.05) is 25.9 Å². The van der Waals surface area contributed by atoms with Gasteiger partial charge in [-0.25, -0.2) is 9.18 Å². The fourth-order valence-corrected chi connectivity index (χ4v) is 4.25. The molecule has 10 heteroatoms. The molecule has 1 unspecified atom stereocenters. The lowest BCUT2D eigenvalue weighted by atomic mass is 10.0. The van der Waals surface area contributed by atoms with Gasteiger partial charge in [0.2, 0.25) is 0 Å². The molecule has 0 spiro atoms. The second kappa shape index (κ2) is 13.0. The van der Waals surface area contributed by atoms with Crippen LogP contribution in [0.3, 0.4) is 0 Å². The van der Waals surface area contributed by atoms with E-state index in [4.69, 9.17) is 4.74 Å². The molecule has 2 rings (SSSR count). The van der Waals surface area contributed by atoms with E-state index in [1.165, 1.54) is 11.0 Å². The Hall–Kier alpha value is -1.88. The zero-order valence-corrected chi connectivity index (χ0v) is 19.5. The Labute approximate surface area is 193 Å². The lowest BCUT2D eigenvalue weighted by molar-refractivity contribution is -0.293. The van der Waals surface area contributed by atoms with Gasteiger partial charge in [0.15, 0.2) is 0 Å². The van der Waals surface area contributed by atoms with E-state index in [1.807, 2.05) is 0 Å². The number of aliphatic hydroxyl groups is 2. The summed E-state index contributed by atoms with van der Waals surface area (Å²) in [5.41, 5.74) is 0.719. The highest BCUT2D eigenvalue weighted by Gasteiger charge is 2.33. The summed E-state index contributed by atoms with van der Waals surface area (Å²) in [6.45, 7) is 2.18. The first-order valence-electron chi connectivity index (χ1n) is 11.0. The average Bonchev–Trinajstić information content (AvgIpc) is 3.58. The number of carbonyl (C=O) groups excluding carboxylic acids is 2. The van der Waals surface area contributed by atoms with Gasteiger partial charge in [-0.1, -0.05) is 25.3 Å². The van der Waals surface area contributed by atoms with Crippen LogP contribution in [-0.4, -0.2) is 59.3 Å². The molecule has 0 saturated heterocycles. The Kier molecular flexibility index (Phi) is 10.7. The van der Waals surface area contributed by atoms with E-state index >= 15 is 0 Å². The number of hydrogen-bond acceptors (Lipinski definition) is 7. The molecular formula is C22H34FN3O5S. The predicted octanol–water partition coefficient (Wildman–Crippen LogP) is 2.95. The van der Waals surface area contributed by atoms with E-state index in [2.05, 4.69) is 10.0 Å². The normalized spacial score (nSPS) is 14.7. The molecular weight excluding hydrogens is 437 g/mol. The van der Waals surface area contributed by atoms with Gasteiger partial charge in [0, 0.05) is 37.9 Å². The number of amides is 2. The second-order valence-corrected chi connectivity index (χ2v) is 8.86. The highest BCUT2D eigenvalue weighted by Crippen LogP contribution is 2.43. The third-order valence-electron chi connectivity index (χ3n) is 5.27. The van der Waals surface area contributed by atoms with Gasteiger partial charge in [-0.15, -0.1) is 0 Å². The van der Waals surface area contributed by atoms with Crippen molar-refractivity contribution in [3.63, 3.8) is 0 Å². The van der Waals surface area contributed by atoms with E-state index in [0.717, 1.165) is 55.8 Å². The highest BCUT2D eigenvalue weighted by atomic mass is 32.2. The number of aldehydes is 1. The van der Waals surface area contributed by atoms with Crippen molar-refractivity contribution in [1.29, 1.82) is 0 Å². The molecule has 1 atom stereocenters.